The normalized spacial score (nSPS) is 10.4. The third-order valence-corrected chi connectivity index (χ3v) is 3.39. The molecule has 0 saturated carbocycles. The van der Waals surface area contributed by atoms with E-state index in [-0.39, 0.29) is 5.78 Å². The predicted octanol–water partition coefficient (Wildman–Crippen LogP) is 2.48. The summed E-state index contributed by atoms with van der Waals surface area (Å²) >= 11 is 4.75. The van der Waals surface area contributed by atoms with Crippen molar-refractivity contribution in [1.29, 1.82) is 0 Å². The summed E-state index contributed by atoms with van der Waals surface area (Å²) in [5, 5.41) is 3.96. The standard InChI is InChI=1S/C9H7BrN2OS/c1-12-5-6(4-11-12)9(13)7-2-3-8(10)14-7/h2-5H,1H3. The topological polar surface area (TPSA) is 34.9 Å². The quantitative estimate of drug-likeness (QED) is 0.786. The Hall–Kier alpha value is -0.940. The van der Waals surface area contributed by atoms with Crippen LogP contribution in [0, 0.1) is 0 Å². The smallest absolute Gasteiger partial charge is 0.206 e. The third kappa shape index (κ3) is 1.78. The van der Waals surface area contributed by atoms with Gasteiger partial charge in [-0.1, -0.05) is 0 Å². The molecule has 0 unspecified atom stereocenters. The minimum atomic E-state index is 0.0220. The first-order chi connectivity index (χ1) is 6.66. The van der Waals surface area contributed by atoms with Gasteiger partial charge in [-0.15, -0.1) is 11.3 Å². The zero-order valence-electron chi connectivity index (χ0n) is 7.40. The Morgan fingerprint density at radius 1 is 1.57 bits per heavy atom. The van der Waals surface area contributed by atoms with Gasteiger partial charge in [-0.2, -0.15) is 5.10 Å². The van der Waals surface area contributed by atoms with Gasteiger partial charge in [0.1, 0.15) is 0 Å². The second-order valence-electron chi connectivity index (χ2n) is 2.84. The molecule has 0 aliphatic carbocycles. The molecule has 2 rings (SSSR count). The summed E-state index contributed by atoms with van der Waals surface area (Å²) in [6.45, 7) is 0. The molecule has 0 atom stereocenters. The van der Waals surface area contributed by atoms with Gasteiger partial charge in [0.2, 0.25) is 5.78 Å². The molecule has 0 aliphatic heterocycles. The van der Waals surface area contributed by atoms with Gasteiger partial charge in [0.05, 0.1) is 20.4 Å². The van der Waals surface area contributed by atoms with Crippen LogP contribution in [0.1, 0.15) is 15.2 Å². The molecule has 2 heterocycles. The maximum Gasteiger partial charge on any atom is 0.206 e. The van der Waals surface area contributed by atoms with E-state index in [0.717, 1.165) is 8.66 Å². The van der Waals surface area contributed by atoms with Crippen molar-refractivity contribution >= 4 is 33.0 Å². The Labute approximate surface area is 93.5 Å². The van der Waals surface area contributed by atoms with E-state index in [1.807, 2.05) is 12.1 Å². The zero-order chi connectivity index (χ0) is 10.1. The van der Waals surface area contributed by atoms with E-state index < -0.39 is 0 Å². The fourth-order valence-corrected chi connectivity index (χ4v) is 2.47. The van der Waals surface area contributed by atoms with Crippen LogP contribution >= 0.6 is 27.3 Å². The van der Waals surface area contributed by atoms with Crippen LogP contribution in [0.5, 0.6) is 0 Å². The molecule has 0 aliphatic rings. The van der Waals surface area contributed by atoms with Crippen molar-refractivity contribution < 1.29 is 4.79 Å². The fourth-order valence-electron chi connectivity index (χ4n) is 1.12. The molecule has 0 N–H and O–H groups in total. The number of carbonyl (C=O) groups excluding carboxylic acids is 1. The summed E-state index contributed by atoms with van der Waals surface area (Å²) in [5.41, 5.74) is 0.627. The first-order valence-electron chi connectivity index (χ1n) is 3.95. The van der Waals surface area contributed by atoms with E-state index in [9.17, 15) is 4.79 Å². The van der Waals surface area contributed by atoms with Crippen LogP contribution in [0.3, 0.4) is 0 Å². The van der Waals surface area contributed by atoms with Crippen LogP contribution in [0.2, 0.25) is 0 Å². The molecule has 3 nitrogen and oxygen atoms in total. The summed E-state index contributed by atoms with van der Waals surface area (Å²) in [5.74, 6) is 0.0220. The van der Waals surface area contributed by atoms with E-state index in [4.69, 9.17) is 0 Å². The van der Waals surface area contributed by atoms with E-state index >= 15 is 0 Å². The number of halogens is 1. The van der Waals surface area contributed by atoms with E-state index in [1.54, 1.807) is 24.1 Å². The van der Waals surface area contributed by atoms with Gasteiger partial charge in [-0.05, 0) is 28.1 Å². The van der Waals surface area contributed by atoms with Crippen LogP contribution in [0.4, 0.5) is 0 Å². The van der Waals surface area contributed by atoms with Crippen molar-refractivity contribution in [3.05, 3.63) is 38.8 Å². The zero-order valence-corrected chi connectivity index (χ0v) is 9.80. The van der Waals surface area contributed by atoms with Crippen LogP contribution in [0.25, 0.3) is 0 Å². The number of aromatic nitrogens is 2. The minimum absolute atomic E-state index is 0.0220. The molecule has 0 saturated heterocycles. The second-order valence-corrected chi connectivity index (χ2v) is 5.30. The largest absolute Gasteiger partial charge is 0.288 e. The molecule has 2 aromatic rings. The molecule has 0 bridgehead atoms. The summed E-state index contributed by atoms with van der Waals surface area (Å²) in [6.07, 6.45) is 3.30. The fraction of sp³-hybridized carbons (Fsp3) is 0.111. The average molecular weight is 271 g/mol. The van der Waals surface area contributed by atoms with Gasteiger partial charge in [-0.25, -0.2) is 0 Å². The van der Waals surface area contributed by atoms with Gasteiger partial charge in [0, 0.05) is 13.2 Å². The lowest BCUT2D eigenvalue weighted by Crippen LogP contribution is -1.96. The number of hydrogen-bond donors (Lipinski definition) is 0. The maximum absolute atomic E-state index is 11.8. The highest BCUT2D eigenvalue weighted by molar-refractivity contribution is 9.11. The monoisotopic (exact) mass is 270 g/mol. The molecular weight excluding hydrogens is 264 g/mol. The molecule has 0 spiro atoms. The second kappa shape index (κ2) is 3.67. The lowest BCUT2D eigenvalue weighted by Gasteiger charge is -1.90. The number of hydrogen-bond acceptors (Lipinski definition) is 3. The van der Waals surface area contributed by atoms with Gasteiger partial charge < -0.3 is 0 Å². The Balaban J connectivity index is 2.33. The summed E-state index contributed by atoms with van der Waals surface area (Å²) in [6, 6.07) is 3.68. The van der Waals surface area contributed by atoms with Crippen molar-refractivity contribution in [1.82, 2.24) is 9.78 Å². The highest BCUT2D eigenvalue weighted by atomic mass is 79.9. The van der Waals surface area contributed by atoms with Gasteiger partial charge in [0.25, 0.3) is 0 Å². The minimum Gasteiger partial charge on any atom is -0.288 e. The highest BCUT2D eigenvalue weighted by Gasteiger charge is 2.12. The predicted molar refractivity (Wildman–Crippen MR) is 58.7 cm³/mol. The number of thiophene rings is 1. The Morgan fingerprint density at radius 2 is 2.36 bits per heavy atom. The van der Waals surface area contributed by atoms with Crippen molar-refractivity contribution in [2.24, 2.45) is 7.05 Å². The lowest BCUT2D eigenvalue weighted by molar-refractivity contribution is 0.104. The number of ketones is 1. The van der Waals surface area contributed by atoms with Crippen molar-refractivity contribution in [3.8, 4) is 0 Å². The lowest BCUT2D eigenvalue weighted by atomic mass is 10.2. The molecule has 0 radical (unpaired) electrons. The Morgan fingerprint density at radius 3 is 2.86 bits per heavy atom. The van der Waals surface area contributed by atoms with E-state index in [1.165, 1.54) is 11.3 Å². The van der Waals surface area contributed by atoms with Crippen LogP contribution in [-0.4, -0.2) is 15.6 Å². The summed E-state index contributed by atoms with van der Waals surface area (Å²) < 4.78 is 2.58. The van der Waals surface area contributed by atoms with Crippen molar-refractivity contribution in [3.63, 3.8) is 0 Å². The Bertz CT molecular complexity index is 432. The number of rotatable bonds is 2. The summed E-state index contributed by atoms with van der Waals surface area (Å²) in [4.78, 5) is 12.5. The van der Waals surface area contributed by atoms with E-state index in [0.29, 0.717) is 5.56 Å². The van der Waals surface area contributed by atoms with Crippen LogP contribution in [0.15, 0.2) is 28.3 Å². The molecule has 5 heteroatoms. The molecule has 72 valence electrons. The highest BCUT2D eigenvalue weighted by Crippen LogP contribution is 2.24. The van der Waals surface area contributed by atoms with Crippen molar-refractivity contribution in [2.75, 3.05) is 0 Å². The van der Waals surface area contributed by atoms with Crippen LogP contribution in [-0.2, 0) is 7.05 Å². The van der Waals surface area contributed by atoms with Gasteiger partial charge in [0.15, 0.2) is 0 Å². The first kappa shape index (κ1) is 9.61. The number of nitrogens with zero attached hydrogens (tertiary/aromatic N) is 2. The molecule has 14 heavy (non-hydrogen) atoms. The van der Waals surface area contributed by atoms with Gasteiger partial charge >= 0.3 is 0 Å². The Kier molecular flexibility index (Phi) is 2.52. The molecular formula is C9H7BrN2OS. The SMILES string of the molecule is Cn1cc(C(=O)c2ccc(Br)s2)cn1. The molecule has 0 fully saturated rings. The third-order valence-electron chi connectivity index (χ3n) is 1.76. The maximum atomic E-state index is 11.8. The average Bonchev–Trinajstić information content (AvgIpc) is 2.73. The molecule has 0 amide bonds. The summed E-state index contributed by atoms with van der Waals surface area (Å²) in [7, 11) is 1.79. The van der Waals surface area contributed by atoms with Crippen molar-refractivity contribution in [2.45, 2.75) is 0 Å². The molecule has 2 aromatic heterocycles. The number of aryl methyl sites for hydroxylation is 1. The van der Waals surface area contributed by atoms with Crippen LogP contribution < -0.4 is 0 Å². The molecule has 0 aromatic carbocycles. The van der Waals surface area contributed by atoms with Gasteiger partial charge in [-0.3, -0.25) is 9.48 Å². The first-order valence-corrected chi connectivity index (χ1v) is 5.56. The van der Waals surface area contributed by atoms with E-state index in [2.05, 4.69) is 21.0 Å². The number of carbonyl (C=O) groups is 1.